The van der Waals surface area contributed by atoms with Gasteiger partial charge in [-0.2, -0.15) is 16.4 Å². The zero-order chi connectivity index (χ0) is 17.6. The molecule has 1 aromatic carbocycles. The van der Waals surface area contributed by atoms with Crippen LogP contribution >= 0.6 is 22.7 Å². The molecule has 0 saturated carbocycles. The highest BCUT2D eigenvalue weighted by Crippen LogP contribution is 2.33. The SMILES string of the molecule is CCN=c1scc(-c2cc(OC)ccc2OC)n1/N=C/c1ccsc1. The maximum atomic E-state index is 5.53. The molecule has 3 rings (SSSR count). The van der Waals surface area contributed by atoms with Crippen LogP contribution in [0.3, 0.4) is 0 Å². The Morgan fingerprint density at radius 1 is 1.16 bits per heavy atom. The quantitative estimate of drug-likeness (QED) is 0.611. The van der Waals surface area contributed by atoms with Crippen LogP contribution in [0.25, 0.3) is 11.3 Å². The van der Waals surface area contributed by atoms with Crippen molar-refractivity contribution >= 4 is 28.9 Å². The van der Waals surface area contributed by atoms with E-state index in [9.17, 15) is 0 Å². The maximum absolute atomic E-state index is 5.53. The summed E-state index contributed by atoms with van der Waals surface area (Å²) in [5, 5.41) is 10.8. The molecule has 2 heterocycles. The van der Waals surface area contributed by atoms with Crippen molar-refractivity contribution in [2.24, 2.45) is 10.1 Å². The van der Waals surface area contributed by atoms with E-state index in [1.807, 2.05) is 52.8 Å². The van der Waals surface area contributed by atoms with E-state index in [2.05, 4.69) is 15.5 Å². The van der Waals surface area contributed by atoms with Crippen molar-refractivity contribution in [2.75, 3.05) is 20.8 Å². The Hall–Kier alpha value is -2.38. The molecule has 0 aliphatic rings. The van der Waals surface area contributed by atoms with Crippen molar-refractivity contribution in [3.05, 3.63) is 50.8 Å². The van der Waals surface area contributed by atoms with Gasteiger partial charge in [0.1, 0.15) is 11.5 Å². The van der Waals surface area contributed by atoms with Crippen LogP contribution in [0.15, 0.2) is 50.5 Å². The molecule has 0 atom stereocenters. The third-order valence-corrected chi connectivity index (χ3v) is 5.08. The number of methoxy groups -OCH3 is 2. The monoisotopic (exact) mass is 373 g/mol. The lowest BCUT2D eigenvalue weighted by molar-refractivity contribution is 0.404. The Morgan fingerprint density at radius 2 is 2.04 bits per heavy atom. The normalized spacial score (nSPS) is 12.0. The molecule has 25 heavy (non-hydrogen) atoms. The Balaban J connectivity index is 2.15. The van der Waals surface area contributed by atoms with E-state index in [0.717, 1.165) is 33.1 Å². The topological polar surface area (TPSA) is 48.1 Å². The first kappa shape index (κ1) is 17.4. The van der Waals surface area contributed by atoms with Gasteiger partial charge in [0.15, 0.2) is 0 Å². The first-order valence-corrected chi connectivity index (χ1v) is 9.59. The van der Waals surface area contributed by atoms with Crippen molar-refractivity contribution in [3.8, 4) is 22.8 Å². The predicted octanol–water partition coefficient (Wildman–Crippen LogP) is 4.10. The molecule has 0 unspecified atom stereocenters. The molecule has 0 amide bonds. The van der Waals surface area contributed by atoms with Crippen LogP contribution in [-0.4, -0.2) is 31.7 Å². The molecule has 0 radical (unpaired) electrons. The summed E-state index contributed by atoms with van der Waals surface area (Å²) < 4.78 is 12.7. The zero-order valence-corrected chi connectivity index (χ0v) is 15.9. The number of benzene rings is 1. The fraction of sp³-hybridized carbons (Fsp3) is 0.222. The highest BCUT2D eigenvalue weighted by atomic mass is 32.1. The van der Waals surface area contributed by atoms with E-state index in [1.165, 1.54) is 0 Å². The van der Waals surface area contributed by atoms with E-state index < -0.39 is 0 Å². The van der Waals surface area contributed by atoms with Crippen LogP contribution in [0.2, 0.25) is 0 Å². The summed E-state index contributed by atoms with van der Waals surface area (Å²) in [7, 11) is 3.31. The summed E-state index contributed by atoms with van der Waals surface area (Å²) in [4.78, 5) is 5.39. The van der Waals surface area contributed by atoms with Gasteiger partial charge < -0.3 is 9.47 Å². The van der Waals surface area contributed by atoms with Crippen molar-refractivity contribution < 1.29 is 9.47 Å². The lowest BCUT2D eigenvalue weighted by Gasteiger charge is -2.11. The molecule has 0 spiro atoms. The molecular weight excluding hydrogens is 354 g/mol. The number of aromatic nitrogens is 1. The third-order valence-electron chi connectivity index (χ3n) is 3.53. The Kier molecular flexibility index (Phi) is 5.67. The number of hydrogen-bond donors (Lipinski definition) is 0. The molecule has 7 heteroatoms. The van der Waals surface area contributed by atoms with E-state index in [4.69, 9.17) is 9.47 Å². The van der Waals surface area contributed by atoms with Gasteiger partial charge in [0.2, 0.25) is 4.80 Å². The van der Waals surface area contributed by atoms with Crippen LogP contribution in [0.1, 0.15) is 12.5 Å². The number of thiazole rings is 1. The number of rotatable bonds is 6. The average molecular weight is 374 g/mol. The second kappa shape index (κ2) is 8.13. The number of ether oxygens (including phenoxy) is 2. The van der Waals surface area contributed by atoms with Gasteiger partial charge in [-0.1, -0.05) is 0 Å². The number of hydrogen-bond acceptors (Lipinski definition) is 6. The van der Waals surface area contributed by atoms with Crippen molar-refractivity contribution in [1.82, 2.24) is 4.68 Å². The highest BCUT2D eigenvalue weighted by Gasteiger charge is 2.13. The number of nitrogens with zero attached hydrogens (tertiary/aromatic N) is 3. The lowest BCUT2D eigenvalue weighted by atomic mass is 10.1. The van der Waals surface area contributed by atoms with Crippen LogP contribution < -0.4 is 14.3 Å². The van der Waals surface area contributed by atoms with Crippen LogP contribution in [0.5, 0.6) is 11.5 Å². The number of thiophene rings is 1. The second-order valence-corrected chi connectivity index (χ2v) is 6.67. The Morgan fingerprint density at radius 3 is 2.72 bits per heavy atom. The van der Waals surface area contributed by atoms with Gasteiger partial charge in [-0.05, 0) is 41.9 Å². The van der Waals surface area contributed by atoms with Gasteiger partial charge in [0.05, 0.1) is 26.1 Å². The van der Waals surface area contributed by atoms with E-state index in [-0.39, 0.29) is 0 Å². The molecule has 5 nitrogen and oxygen atoms in total. The maximum Gasteiger partial charge on any atom is 0.206 e. The first-order chi connectivity index (χ1) is 12.3. The lowest BCUT2D eigenvalue weighted by Crippen LogP contribution is -2.12. The molecule has 3 aromatic rings. The molecule has 2 aromatic heterocycles. The summed E-state index contributed by atoms with van der Waals surface area (Å²) >= 11 is 3.20. The van der Waals surface area contributed by atoms with Crippen LogP contribution in [0, 0.1) is 0 Å². The third kappa shape index (κ3) is 3.83. The standard InChI is InChI=1S/C18H19N3O2S2/c1-4-19-18-21(20-10-13-7-8-24-11-13)16(12-25-18)15-9-14(22-2)5-6-17(15)23-3/h5-12H,4H2,1-3H3/b19-18?,20-10+. The van der Waals surface area contributed by atoms with Crippen molar-refractivity contribution in [1.29, 1.82) is 0 Å². The van der Waals surface area contributed by atoms with Crippen LogP contribution in [0.4, 0.5) is 0 Å². The second-order valence-electron chi connectivity index (χ2n) is 5.06. The Labute approximate surface area is 154 Å². The molecule has 0 aliphatic heterocycles. The summed E-state index contributed by atoms with van der Waals surface area (Å²) in [5.74, 6) is 1.53. The molecule has 130 valence electrons. The average Bonchev–Trinajstić information content (AvgIpc) is 3.29. The minimum atomic E-state index is 0.698. The molecule has 0 saturated heterocycles. The van der Waals surface area contributed by atoms with Gasteiger partial charge in [-0.15, -0.1) is 11.3 Å². The summed E-state index contributed by atoms with van der Waals surface area (Å²) in [6.07, 6.45) is 1.84. The minimum absolute atomic E-state index is 0.698. The molecular formula is C18H19N3O2S2. The van der Waals surface area contributed by atoms with Gasteiger partial charge in [0.25, 0.3) is 0 Å². The fourth-order valence-electron chi connectivity index (χ4n) is 2.33. The highest BCUT2D eigenvalue weighted by molar-refractivity contribution is 7.08. The largest absolute Gasteiger partial charge is 0.497 e. The van der Waals surface area contributed by atoms with Gasteiger partial charge >= 0.3 is 0 Å². The van der Waals surface area contributed by atoms with E-state index in [1.54, 1.807) is 36.9 Å². The first-order valence-electron chi connectivity index (χ1n) is 7.76. The van der Waals surface area contributed by atoms with Gasteiger partial charge in [-0.3, -0.25) is 4.99 Å². The Bertz CT molecular complexity index is 924. The van der Waals surface area contributed by atoms with E-state index >= 15 is 0 Å². The minimum Gasteiger partial charge on any atom is -0.497 e. The fourth-order valence-corrected chi connectivity index (χ4v) is 3.83. The smallest absolute Gasteiger partial charge is 0.206 e. The molecule has 0 aliphatic carbocycles. The van der Waals surface area contributed by atoms with Crippen LogP contribution in [-0.2, 0) is 0 Å². The van der Waals surface area contributed by atoms with E-state index in [0.29, 0.717) is 6.54 Å². The van der Waals surface area contributed by atoms with Crippen molar-refractivity contribution in [3.63, 3.8) is 0 Å². The summed E-state index contributed by atoms with van der Waals surface area (Å²) in [6.45, 7) is 2.71. The summed E-state index contributed by atoms with van der Waals surface area (Å²) in [6, 6.07) is 7.76. The van der Waals surface area contributed by atoms with Gasteiger partial charge in [0, 0.05) is 23.1 Å². The molecule has 0 bridgehead atoms. The van der Waals surface area contributed by atoms with Crippen molar-refractivity contribution in [2.45, 2.75) is 6.92 Å². The van der Waals surface area contributed by atoms with Gasteiger partial charge in [-0.25, -0.2) is 4.68 Å². The molecule has 0 N–H and O–H groups in total. The summed E-state index contributed by atoms with van der Waals surface area (Å²) in [5.41, 5.74) is 2.90. The predicted molar refractivity (Wildman–Crippen MR) is 104 cm³/mol. The zero-order valence-electron chi connectivity index (χ0n) is 14.3. The molecule has 0 fully saturated rings.